The van der Waals surface area contributed by atoms with Crippen LogP contribution < -0.4 is 0 Å². The Morgan fingerprint density at radius 2 is 1.45 bits per heavy atom. The van der Waals surface area contributed by atoms with E-state index in [9.17, 15) is 20.1 Å². The second-order valence-corrected chi connectivity index (χ2v) is 4.96. The van der Waals surface area contributed by atoms with Crippen LogP contribution in [-0.4, -0.2) is 21.1 Å². The molecule has 4 heteroatoms. The summed E-state index contributed by atoms with van der Waals surface area (Å²) in [5.41, 5.74) is 1.08. The Kier molecular flexibility index (Phi) is 3.66. The molecule has 0 spiro atoms. The largest absolute Gasteiger partial charge is 0.508 e. The molecule has 0 radical (unpaired) electrons. The van der Waals surface area contributed by atoms with Crippen LogP contribution >= 0.6 is 0 Å². The Balaban J connectivity index is 2.43. The lowest BCUT2D eigenvalue weighted by atomic mass is 9.96. The summed E-state index contributed by atoms with van der Waals surface area (Å²) >= 11 is 0. The summed E-state index contributed by atoms with van der Waals surface area (Å²) in [7, 11) is 0. The zero-order chi connectivity index (χ0) is 14.9. The van der Waals surface area contributed by atoms with Crippen molar-refractivity contribution in [3.8, 4) is 17.2 Å². The number of ketones is 1. The molecule has 0 saturated carbocycles. The molecule has 0 atom stereocenters. The van der Waals surface area contributed by atoms with E-state index < -0.39 is 5.78 Å². The van der Waals surface area contributed by atoms with Crippen LogP contribution in [0.5, 0.6) is 17.2 Å². The van der Waals surface area contributed by atoms with Gasteiger partial charge in [-0.05, 0) is 35.7 Å². The first kappa shape index (κ1) is 13.9. The fourth-order valence-electron chi connectivity index (χ4n) is 1.96. The fourth-order valence-corrected chi connectivity index (χ4v) is 1.96. The van der Waals surface area contributed by atoms with Crippen molar-refractivity contribution in [2.45, 2.75) is 19.8 Å². The number of aromatic hydroxyl groups is 3. The smallest absolute Gasteiger partial charge is 0.200 e. The van der Waals surface area contributed by atoms with Crippen molar-refractivity contribution in [2.24, 2.45) is 0 Å². The summed E-state index contributed by atoms with van der Waals surface area (Å²) in [6.45, 7) is 3.98. The molecule has 0 aliphatic carbocycles. The van der Waals surface area contributed by atoms with Gasteiger partial charge < -0.3 is 15.3 Å². The molecular weight excluding hydrogens is 256 g/mol. The first-order valence-electron chi connectivity index (χ1n) is 6.29. The number of rotatable bonds is 3. The maximum Gasteiger partial charge on any atom is 0.200 e. The highest BCUT2D eigenvalue weighted by molar-refractivity contribution is 6.12. The van der Waals surface area contributed by atoms with Crippen molar-refractivity contribution < 1.29 is 20.1 Å². The third-order valence-corrected chi connectivity index (χ3v) is 3.16. The van der Waals surface area contributed by atoms with E-state index in [-0.39, 0.29) is 34.3 Å². The summed E-state index contributed by atoms with van der Waals surface area (Å²) in [5, 5.41) is 28.9. The lowest BCUT2D eigenvalue weighted by molar-refractivity contribution is 0.103. The molecule has 104 valence electrons. The van der Waals surface area contributed by atoms with Crippen LogP contribution in [0.2, 0.25) is 0 Å². The molecule has 2 rings (SSSR count). The second kappa shape index (κ2) is 5.25. The molecule has 0 unspecified atom stereocenters. The van der Waals surface area contributed by atoms with E-state index >= 15 is 0 Å². The molecule has 2 aromatic carbocycles. The standard InChI is InChI=1S/C16H16O4/c1-9(2)10-3-5-12(14(18)7-10)16(20)13-6-4-11(17)8-15(13)19/h3-9,17-19H,1-2H3. The SMILES string of the molecule is CC(C)c1ccc(C(=O)c2ccc(O)cc2O)c(O)c1. The second-order valence-electron chi connectivity index (χ2n) is 4.96. The first-order chi connectivity index (χ1) is 9.40. The zero-order valence-corrected chi connectivity index (χ0v) is 11.3. The predicted molar refractivity (Wildman–Crippen MR) is 75.4 cm³/mol. The maximum absolute atomic E-state index is 12.3. The zero-order valence-electron chi connectivity index (χ0n) is 11.3. The molecular formula is C16H16O4. The van der Waals surface area contributed by atoms with Crippen LogP contribution in [0.4, 0.5) is 0 Å². The molecule has 4 nitrogen and oxygen atoms in total. The molecule has 0 saturated heterocycles. The Bertz CT molecular complexity index is 660. The van der Waals surface area contributed by atoms with Crippen LogP contribution in [0.25, 0.3) is 0 Å². The molecule has 0 aliphatic heterocycles. The van der Waals surface area contributed by atoms with Gasteiger partial charge in [0.1, 0.15) is 17.2 Å². The Hall–Kier alpha value is -2.49. The van der Waals surface area contributed by atoms with Crippen molar-refractivity contribution in [2.75, 3.05) is 0 Å². The van der Waals surface area contributed by atoms with Gasteiger partial charge in [0.25, 0.3) is 0 Å². The molecule has 2 aromatic rings. The molecule has 0 fully saturated rings. The van der Waals surface area contributed by atoms with Crippen molar-refractivity contribution in [1.29, 1.82) is 0 Å². The van der Waals surface area contributed by atoms with E-state index in [0.29, 0.717) is 0 Å². The van der Waals surface area contributed by atoms with Crippen LogP contribution in [0, 0.1) is 0 Å². The number of carbonyl (C=O) groups is 1. The number of hydrogen-bond acceptors (Lipinski definition) is 4. The van der Waals surface area contributed by atoms with E-state index in [1.807, 2.05) is 13.8 Å². The normalized spacial score (nSPS) is 10.8. The van der Waals surface area contributed by atoms with E-state index in [4.69, 9.17) is 0 Å². The number of phenolic OH excluding ortho intramolecular Hbond substituents is 3. The van der Waals surface area contributed by atoms with Gasteiger partial charge in [-0.3, -0.25) is 4.79 Å². The summed E-state index contributed by atoms with van der Waals surface area (Å²) in [5.74, 6) is -0.808. The summed E-state index contributed by atoms with van der Waals surface area (Å²) in [4.78, 5) is 12.3. The quantitative estimate of drug-likeness (QED) is 0.750. The molecule has 0 heterocycles. The summed E-state index contributed by atoms with van der Waals surface area (Å²) in [6, 6.07) is 8.59. The lowest BCUT2D eigenvalue weighted by Gasteiger charge is -2.10. The topological polar surface area (TPSA) is 77.8 Å². The third-order valence-electron chi connectivity index (χ3n) is 3.16. The van der Waals surface area contributed by atoms with Crippen LogP contribution in [0.3, 0.4) is 0 Å². The molecule has 0 aromatic heterocycles. The van der Waals surface area contributed by atoms with Gasteiger partial charge in [-0.1, -0.05) is 19.9 Å². The lowest BCUT2D eigenvalue weighted by Crippen LogP contribution is -2.03. The summed E-state index contributed by atoms with van der Waals surface area (Å²) in [6.07, 6.45) is 0. The van der Waals surface area contributed by atoms with Gasteiger partial charge in [0.05, 0.1) is 11.1 Å². The van der Waals surface area contributed by atoms with E-state index in [1.165, 1.54) is 12.1 Å². The van der Waals surface area contributed by atoms with E-state index in [1.54, 1.807) is 18.2 Å². The van der Waals surface area contributed by atoms with Gasteiger partial charge >= 0.3 is 0 Å². The van der Waals surface area contributed by atoms with Gasteiger partial charge in [0.2, 0.25) is 0 Å². The number of hydrogen-bond donors (Lipinski definition) is 3. The van der Waals surface area contributed by atoms with Crippen LogP contribution in [0.15, 0.2) is 36.4 Å². The minimum atomic E-state index is -0.490. The molecule has 3 N–H and O–H groups in total. The van der Waals surface area contributed by atoms with E-state index in [0.717, 1.165) is 11.6 Å². The first-order valence-corrected chi connectivity index (χ1v) is 6.29. The maximum atomic E-state index is 12.3. The van der Waals surface area contributed by atoms with Crippen molar-refractivity contribution >= 4 is 5.78 Å². The highest BCUT2D eigenvalue weighted by atomic mass is 16.3. The van der Waals surface area contributed by atoms with Gasteiger partial charge in [-0.2, -0.15) is 0 Å². The van der Waals surface area contributed by atoms with Crippen molar-refractivity contribution in [3.63, 3.8) is 0 Å². The van der Waals surface area contributed by atoms with Gasteiger partial charge in [0.15, 0.2) is 5.78 Å². The number of carbonyl (C=O) groups excluding carboxylic acids is 1. The fraction of sp³-hybridized carbons (Fsp3) is 0.188. The third kappa shape index (κ3) is 2.59. The number of phenols is 3. The molecule has 20 heavy (non-hydrogen) atoms. The Labute approximate surface area is 116 Å². The molecule has 0 aliphatic rings. The van der Waals surface area contributed by atoms with Gasteiger partial charge in [-0.15, -0.1) is 0 Å². The van der Waals surface area contributed by atoms with Crippen LogP contribution in [-0.2, 0) is 0 Å². The van der Waals surface area contributed by atoms with Crippen molar-refractivity contribution in [3.05, 3.63) is 53.1 Å². The predicted octanol–water partition coefficient (Wildman–Crippen LogP) is 3.16. The average Bonchev–Trinajstić information content (AvgIpc) is 2.37. The van der Waals surface area contributed by atoms with Crippen molar-refractivity contribution in [1.82, 2.24) is 0 Å². The Morgan fingerprint density at radius 3 is 1.95 bits per heavy atom. The Morgan fingerprint density at radius 1 is 0.900 bits per heavy atom. The minimum Gasteiger partial charge on any atom is -0.508 e. The minimum absolute atomic E-state index is 0.0374. The van der Waals surface area contributed by atoms with Gasteiger partial charge in [-0.25, -0.2) is 0 Å². The molecule has 0 amide bonds. The van der Waals surface area contributed by atoms with Gasteiger partial charge in [0, 0.05) is 6.07 Å². The highest BCUT2D eigenvalue weighted by Crippen LogP contribution is 2.29. The van der Waals surface area contributed by atoms with E-state index in [2.05, 4.69) is 0 Å². The molecule has 0 bridgehead atoms. The average molecular weight is 272 g/mol. The monoisotopic (exact) mass is 272 g/mol. The number of benzene rings is 2. The summed E-state index contributed by atoms with van der Waals surface area (Å²) < 4.78 is 0. The highest BCUT2D eigenvalue weighted by Gasteiger charge is 2.18. The van der Waals surface area contributed by atoms with Crippen LogP contribution in [0.1, 0.15) is 41.3 Å².